The van der Waals surface area contributed by atoms with Crippen molar-refractivity contribution in [2.75, 3.05) is 13.1 Å². The van der Waals surface area contributed by atoms with Crippen LogP contribution in [0.1, 0.15) is 32.4 Å². The number of pyridine rings is 1. The number of halogens is 2. The minimum Gasteiger partial charge on any atom is -0.313 e. The molecule has 4 heteroatoms. The lowest BCUT2D eigenvalue weighted by Gasteiger charge is -2.07. The summed E-state index contributed by atoms with van der Waals surface area (Å²) in [6.07, 6.45) is 6.18. The number of rotatable bonds is 6. The van der Waals surface area contributed by atoms with Crippen LogP contribution in [0.5, 0.6) is 0 Å². The van der Waals surface area contributed by atoms with Gasteiger partial charge in [0.1, 0.15) is 0 Å². The highest BCUT2D eigenvalue weighted by Crippen LogP contribution is 2.21. The van der Waals surface area contributed by atoms with Crippen molar-refractivity contribution in [3.8, 4) is 0 Å². The lowest BCUT2D eigenvalue weighted by Crippen LogP contribution is -2.17. The van der Waals surface area contributed by atoms with Gasteiger partial charge in [-0.25, -0.2) is 0 Å². The Kier molecular flexibility index (Phi) is 7.00. The summed E-state index contributed by atoms with van der Waals surface area (Å²) in [5.41, 5.74) is 2.36. The minimum absolute atomic E-state index is 0.939. The lowest BCUT2D eigenvalue weighted by atomic mass is 10.1. The van der Waals surface area contributed by atoms with Crippen molar-refractivity contribution in [1.82, 2.24) is 10.3 Å². The van der Waals surface area contributed by atoms with E-state index in [2.05, 4.69) is 62.1 Å². The molecule has 0 atom stereocenters. The molecule has 0 saturated carbocycles. The molecule has 0 amide bonds. The quantitative estimate of drug-likeness (QED) is 0.759. The zero-order valence-corrected chi connectivity index (χ0v) is 13.4. The van der Waals surface area contributed by atoms with Gasteiger partial charge in [-0.2, -0.15) is 0 Å². The molecule has 1 aromatic heterocycles. The van der Waals surface area contributed by atoms with Crippen molar-refractivity contribution >= 4 is 37.9 Å². The van der Waals surface area contributed by atoms with E-state index in [0.717, 1.165) is 40.6 Å². The topological polar surface area (TPSA) is 24.9 Å². The van der Waals surface area contributed by atoms with Gasteiger partial charge in [0, 0.05) is 21.7 Å². The second-order valence-electron chi connectivity index (χ2n) is 3.85. The van der Waals surface area contributed by atoms with Gasteiger partial charge in [0.15, 0.2) is 0 Å². The van der Waals surface area contributed by atoms with Crippen molar-refractivity contribution < 1.29 is 0 Å². The maximum atomic E-state index is 4.40. The first-order chi connectivity index (χ1) is 8.17. The van der Waals surface area contributed by atoms with E-state index in [0.29, 0.717) is 0 Å². The summed E-state index contributed by atoms with van der Waals surface area (Å²) < 4.78 is 2.01. The van der Waals surface area contributed by atoms with Crippen molar-refractivity contribution in [2.45, 2.75) is 26.7 Å². The summed E-state index contributed by atoms with van der Waals surface area (Å²) in [7, 11) is 0. The fourth-order valence-corrected chi connectivity index (χ4v) is 2.53. The maximum absolute atomic E-state index is 4.40. The van der Waals surface area contributed by atoms with Crippen molar-refractivity contribution in [3.63, 3.8) is 0 Å². The van der Waals surface area contributed by atoms with Crippen LogP contribution in [-0.4, -0.2) is 18.1 Å². The number of hydrogen-bond donors (Lipinski definition) is 1. The fraction of sp³-hybridized carbons (Fsp3) is 0.462. The van der Waals surface area contributed by atoms with Crippen LogP contribution in [0.2, 0.25) is 0 Å². The van der Waals surface area contributed by atoms with Gasteiger partial charge < -0.3 is 5.32 Å². The molecule has 0 aromatic carbocycles. The second-order valence-corrected chi connectivity index (χ2v) is 5.62. The van der Waals surface area contributed by atoms with Crippen molar-refractivity contribution in [3.05, 3.63) is 32.5 Å². The highest BCUT2D eigenvalue weighted by Gasteiger charge is 2.01. The van der Waals surface area contributed by atoms with Gasteiger partial charge in [-0.1, -0.05) is 19.4 Å². The van der Waals surface area contributed by atoms with Gasteiger partial charge in [0.2, 0.25) is 0 Å². The minimum atomic E-state index is 0.939. The van der Waals surface area contributed by atoms with E-state index in [1.165, 1.54) is 5.57 Å². The number of aromatic nitrogens is 1. The van der Waals surface area contributed by atoms with Gasteiger partial charge >= 0.3 is 0 Å². The van der Waals surface area contributed by atoms with Gasteiger partial charge in [-0.3, -0.25) is 4.98 Å². The van der Waals surface area contributed by atoms with E-state index in [9.17, 15) is 0 Å². The zero-order chi connectivity index (χ0) is 12.7. The largest absolute Gasteiger partial charge is 0.313 e. The molecule has 0 aliphatic carbocycles. The smallest absolute Gasteiger partial charge is 0.0772 e. The van der Waals surface area contributed by atoms with E-state index < -0.39 is 0 Å². The Morgan fingerprint density at radius 3 is 2.76 bits per heavy atom. The molecule has 1 rings (SSSR count). The number of nitrogens with zero attached hydrogens (tertiary/aromatic N) is 1. The summed E-state index contributed by atoms with van der Waals surface area (Å²) in [6.45, 7) is 6.35. The SMILES string of the molecule is CCCNCC(=Cc1ncc(Br)cc1Br)CC. The van der Waals surface area contributed by atoms with Crippen LogP contribution in [0.25, 0.3) is 6.08 Å². The molecule has 2 nitrogen and oxygen atoms in total. The van der Waals surface area contributed by atoms with Crippen LogP contribution in [-0.2, 0) is 0 Å². The van der Waals surface area contributed by atoms with E-state index >= 15 is 0 Å². The second kappa shape index (κ2) is 8.01. The van der Waals surface area contributed by atoms with E-state index in [1.807, 2.05) is 12.3 Å². The predicted molar refractivity (Wildman–Crippen MR) is 81.1 cm³/mol. The molecule has 0 bridgehead atoms. The average molecular weight is 362 g/mol. The molecule has 94 valence electrons. The highest BCUT2D eigenvalue weighted by atomic mass is 79.9. The summed E-state index contributed by atoms with van der Waals surface area (Å²) >= 11 is 6.93. The molecule has 0 saturated heterocycles. The Balaban J connectivity index is 2.75. The maximum Gasteiger partial charge on any atom is 0.0772 e. The lowest BCUT2D eigenvalue weighted by molar-refractivity contribution is 0.705. The molecular formula is C13H18Br2N2. The first kappa shape index (κ1) is 14.9. The average Bonchev–Trinajstić information content (AvgIpc) is 2.31. The van der Waals surface area contributed by atoms with Crippen molar-refractivity contribution in [1.29, 1.82) is 0 Å². The molecule has 0 aliphatic heterocycles. The van der Waals surface area contributed by atoms with Crippen LogP contribution in [0.4, 0.5) is 0 Å². The highest BCUT2D eigenvalue weighted by molar-refractivity contribution is 9.11. The van der Waals surface area contributed by atoms with Crippen LogP contribution in [0, 0.1) is 0 Å². The van der Waals surface area contributed by atoms with E-state index in [1.54, 1.807) is 0 Å². The summed E-state index contributed by atoms with van der Waals surface area (Å²) in [5.74, 6) is 0. The molecule has 1 heterocycles. The molecule has 1 aromatic rings. The third-order valence-electron chi connectivity index (χ3n) is 2.41. The molecule has 0 fully saturated rings. The first-order valence-electron chi connectivity index (χ1n) is 5.88. The Morgan fingerprint density at radius 2 is 2.18 bits per heavy atom. The van der Waals surface area contributed by atoms with Gasteiger partial charge in [0.25, 0.3) is 0 Å². The predicted octanol–water partition coefficient (Wildman–Crippen LogP) is 4.40. The molecule has 1 N–H and O–H groups in total. The van der Waals surface area contributed by atoms with Crippen LogP contribution in [0.15, 0.2) is 26.8 Å². The van der Waals surface area contributed by atoms with Gasteiger partial charge in [-0.15, -0.1) is 0 Å². The molecular weight excluding hydrogens is 344 g/mol. The van der Waals surface area contributed by atoms with Gasteiger partial charge in [-0.05, 0) is 63.4 Å². The Labute approximate surface area is 120 Å². The molecule has 0 spiro atoms. The third kappa shape index (κ3) is 5.32. The van der Waals surface area contributed by atoms with Gasteiger partial charge in [0.05, 0.1) is 5.69 Å². The Hall–Kier alpha value is -0.190. The molecule has 0 radical (unpaired) electrons. The normalized spacial score (nSPS) is 11.9. The molecule has 0 unspecified atom stereocenters. The first-order valence-corrected chi connectivity index (χ1v) is 7.47. The monoisotopic (exact) mass is 360 g/mol. The van der Waals surface area contributed by atoms with E-state index in [-0.39, 0.29) is 0 Å². The molecule has 17 heavy (non-hydrogen) atoms. The number of hydrogen-bond acceptors (Lipinski definition) is 2. The van der Waals surface area contributed by atoms with E-state index in [4.69, 9.17) is 0 Å². The Bertz CT molecular complexity index is 389. The Morgan fingerprint density at radius 1 is 1.41 bits per heavy atom. The van der Waals surface area contributed by atoms with Crippen molar-refractivity contribution in [2.24, 2.45) is 0 Å². The van der Waals surface area contributed by atoms with Crippen LogP contribution >= 0.6 is 31.9 Å². The molecule has 0 aliphatic rings. The standard InChI is InChI=1S/C13H18Br2N2/c1-3-5-16-8-10(4-2)6-13-12(15)7-11(14)9-17-13/h6-7,9,16H,3-5,8H2,1-2H3. The third-order valence-corrected chi connectivity index (χ3v) is 3.48. The summed E-state index contributed by atoms with van der Waals surface area (Å²) in [4.78, 5) is 4.40. The fourth-order valence-electron chi connectivity index (χ4n) is 1.43. The summed E-state index contributed by atoms with van der Waals surface area (Å²) in [5, 5.41) is 3.42. The zero-order valence-electron chi connectivity index (χ0n) is 10.3. The number of nitrogens with one attached hydrogen (secondary N) is 1. The van der Waals surface area contributed by atoms with Crippen LogP contribution in [0.3, 0.4) is 0 Å². The summed E-state index contributed by atoms with van der Waals surface area (Å²) in [6, 6.07) is 2.02. The van der Waals surface area contributed by atoms with Crippen LogP contribution < -0.4 is 5.32 Å².